The molecule has 1 aromatic carbocycles. The molecule has 0 aliphatic rings. The van der Waals surface area contributed by atoms with Crippen LogP contribution in [0.25, 0.3) is 0 Å². The van der Waals surface area contributed by atoms with Crippen molar-refractivity contribution in [2.75, 3.05) is 4.90 Å². The molecule has 1 atom stereocenters. The molecule has 9 heteroatoms. The van der Waals surface area contributed by atoms with Crippen LogP contribution in [-0.2, 0) is 4.79 Å². The standard InChI is InChI=1S/C20H21FN4O2S2/c1-4-20(2,3)22-18(26)17(16-6-5-11-28-16)25(14-9-7-13(21)8-10-14)19(27)15-12-29-24-23-15/h5-12,17H,4H2,1-3H3,(H,22,26). The third-order valence-electron chi connectivity index (χ3n) is 4.57. The molecule has 2 heterocycles. The van der Waals surface area contributed by atoms with Gasteiger partial charge in [-0.1, -0.05) is 17.5 Å². The monoisotopic (exact) mass is 432 g/mol. The van der Waals surface area contributed by atoms with Gasteiger partial charge in [-0.15, -0.1) is 16.4 Å². The van der Waals surface area contributed by atoms with E-state index in [9.17, 15) is 14.0 Å². The zero-order valence-corrected chi connectivity index (χ0v) is 17.9. The Morgan fingerprint density at radius 2 is 1.97 bits per heavy atom. The highest BCUT2D eigenvalue weighted by Gasteiger charge is 2.36. The van der Waals surface area contributed by atoms with Crippen molar-refractivity contribution >= 4 is 40.4 Å². The Balaban J connectivity index is 2.10. The summed E-state index contributed by atoms with van der Waals surface area (Å²) in [6.45, 7) is 5.82. The second-order valence-electron chi connectivity index (χ2n) is 7.09. The fourth-order valence-electron chi connectivity index (χ4n) is 2.68. The normalized spacial score (nSPS) is 12.4. The van der Waals surface area contributed by atoms with Crippen molar-refractivity contribution in [1.82, 2.24) is 14.9 Å². The number of halogens is 1. The number of carbonyl (C=O) groups is 2. The molecule has 152 valence electrons. The van der Waals surface area contributed by atoms with E-state index in [0.717, 1.165) is 18.0 Å². The predicted octanol–water partition coefficient (Wildman–Crippen LogP) is 4.43. The second-order valence-corrected chi connectivity index (χ2v) is 8.68. The van der Waals surface area contributed by atoms with Gasteiger partial charge in [0, 0.05) is 21.5 Å². The average Bonchev–Trinajstić information content (AvgIpc) is 3.40. The van der Waals surface area contributed by atoms with E-state index in [1.54, 1.807) is 6.07 Å². The summed E-state index contributed by atoms with van der Waals surface area (Å²) in [5.41, 5.74) is 0.0717. The highest BCUT2D eigenvalue weighted by molar-refractivity contribution is 7.10. The molecule has 0 aliphatic carbocycles. The number of anilines is 1. The molecule has 0 bridgehead atoms. The molecule has 0 aliphatic heterocycles. The van der Waals surface area contributed by atoms with Crippen molar-refractivity contribution in [3.63, 3.8) is 0 Å². The van der Waals surface area contributed by atoms with Crippen LogP contribution in [0.4, 0.5) is 10.1 Å². The van der Waals surface area contributed by atoms with Crippen molar-refractivity contribution in [3.8, 4) is 0 Å². The number of benzene rings is 1. The lowest BCUT2D eigenvalue weighted by Crippen LogP contribution is -2.50. The summed E-state index contributed by atoms with van der Waals surface area (Å²) in [4.78, 5) is 28.7. The third-order valence-corrected chi connectivity index (χ3v) is 6.00. The largest absolute Gasteiger partial charge is 0.349 e. The van der Waals surface area contributed by atoms with Crippen LogP contribution in [0.5, 0.6) is 0 Å². The van der Waals surface area contributed by atoms with Crippen LogP contribution in [0, 0.1) is 5.82 Å². The van der Waals surface area contributed by atoms with Crippen LogP contribution < -0.4 is 10.2 Å². The lowest BCUT2D eigenvalue weighted by atomic mass is 10.0. The maximum Gasteiger partial charge on any atom is 0.280 e. The minimum absolute atomic E-state index is 0.128. The van der Waals surface area contributed by atoms with E-state index in [0.29, 0.717) is 10.6 Å². The molecule has 3 aromatic rings. The molecule has 0 fully saturated rings. The summed E-state index contributed by atoms with van der Waals surface area (Å²) >= 11 is 2.42. The Labute approximate surface area is 176 Å². The Morgan fingerprint density at radius 1 is 1.24 bits per heavy atom. The van der Waals surface area contributed by atoms with Gasteiger partial charge in [-0.25, -0.2) is 4.39 Å². The molecule has 0 saturated carbocycles. The molecule has 2 aromatic heterocycles. The molecule has 1 unspecified atom stereocenters. The van der Waals surface area contributed by atoms with Crippen molar-refractivity contribution < 1.29 is 14.0 Å². The van der Waals surface area contributed by atoms with Crippen LogP contribution in [0.3, 0.4) is 0 Å². The Bertz CT molecular complexity index is 957. The van der Waals surface area contributed by atoms with Gasteiger partial charge in [0.25, 0.3) is 5.91 Å². The summed E-state index contributed by atoms with van der Waals surface area (Å²) in [5, 5.41) is 10.3. The number of aromatic nitrogens is 2. The van der Waals surface area contributed by atoms with E-state index < -0.39 is 23.3 Å². The lowest BCUT2D eigenvalue weighted by molar-refractivity contribution is -0.124. The van der Waals surface area contributed by atoms with Gasteiger partial charge in [0.05, 0.1) is 0 Å². The number of hydrogen-bond donors (Lipinski definition) is 1. The minimum Gasteiger partial charge on any atom is -0.349 e. The first-order valence-electron chi connectivity index (χ1n) is 9.04. The molecular weight excluding hydrogens is 411 g/mol. The third kappa shape index (κ3) is 4.86. The summed E-state index contributed by atoms with van der Waals surface area (Å²) in [6, 6.07) is 8.17. The fraction of sp³-hybridized carbons (Fsp3) is 0.300. The van der Waals surface area contributed by atoms with Gasteiger partial charge in [0.1, 0.15) is 5.82 Å². The van der Waals surface area contributed by atoms with E-state index in [4.69, 9.17) is 0 Å². The molecule has 6 nitrogen and oxygen atoms in total. The van der Waals surface area contributed by atoms with Crippen molar-refractivity contribution in [3.05, 3.63) is 63.5 Å². The molecule has 29 heavy (non-hydrogen) atoms. The van der Waals surface area contributed by atoms with Crippen LogP contribution in [0.1, 0.15) is 48.6 Å². The first kappa shape index (κ1) is 21.1. The van der Waals surface area contributed by atoms with Gasteiger partial charge in [0.2, 0.25) is 5.91 Å². The molecular formula is C20H21FN4O2S2. The highest BCUT2D eigenvalue weighted by atomic mass is 32.1. The summed E-state index contributed by atoms with van der Waals surface area (Å²) < 4.78 is 17.3. The second kappa shape index (κ2) is 8.79. The summed E-state index contributed by atoms with van der Waals surface area (Å²) in [6.07, 6.45) is 0.719. The van der Waals surface area contributed by atoms with E-state index in [-0.39, 0.29) is 11.6 Å². The number of nitrogens with zero attached hydrogens (tertiary/aromatic N) is 3. The molecule has 3 rings (SSSR count). The zero-order valence-electron chi connectivity index (χ0n) is 16.3. The number of nitrogens with one attached hydrogen (secondary N) is 1. The van der Waals surface area contributed by atoms with Gasteiger partial charge in [-0.2, -0.15) is 0 Å². The maximum absolute atomic E-state index is 13.5. The summed E-state index contributed by atoms with van der Waals surface area (Å²) in [5.74, 6) is -1.23. The fourth-order valence-corrected chi connectivity index (χ4v) is 3.92. The lowest BCUT2D eigenvalue weighted by Gasteiger charge is -2.33. The van der Waals surface area contributed by atoms with Crippen LogP contribution in [0.15, 0.2) is 47.2 Å². The van der Waals surface area contributed by atoms with Gasteiger partial charge in [-0.3, -0.25) is 14.5 Å². The topological polar surface area (TPSA) is 75.2 Å². The first-order valence-corrected chi connectivity index (χ1v) is 10.8. The smallest absolute Gasteiger partial charge is 0.280 e. The van der Waals surface area contributed by atoms with E-state index >= 15 is 0 Å². The van der Waals surface area contributed by atoms with Crippen molar-refractivity contribution in [1.29, 1.82) is 0 Å². The van der Waals surface area contributed by atoms with Crippen molar-refractivity contribution in [2.45, 2.75) is 38.8 Å². The van der Waals surface area contributed by atoms with E-state index in [2.05, 4.69) is 14.9 Å². The van der Waals surface area contributed by atoms with Crippen molar-refractivity contribution in [2.24, 2.45) is 0 Å². The van der Waals surface area contributed by atoms with Gasteiger partial charge < -0.3 is 5.32 Å². The number of rotatable bonds is 7. The number of thiophene rings is 1. The highest BCUT2D eigenvalue weighted by Crippen LogP contribution is 2.32. The Hall–Kier alpha value is -2.65. The molecule has 0 saturated heterocycles. The van der Waals surface area contributed by atoms with E-state index in [1.165, 1.54) is 45.9 Å². The van der Waals surface area contributed by atoms with Crippen LogP contribution in [-0.4, -0.2) is 26.9 Å². The maximum atomic E-state index is 13.5. The Morgan fingerprint density at radius 3 is 2.52 bits per heavy atom. The zero-order chi connectivity index (χ0) is 21.0. The number of carbonyl (C=O) groups excluding carboxylic acids is 2. The number of amides is 2. The average molecular weight is 433 g/mol. The van der Waals surface area contributed by atoms with Crippen LogP contribution >= 0.6 is 22.9 Å². The molecule has 1 N–H and O–H groups in total. The molecule has 0 radical (unpaired) electrons. The van der Waals surface area contributed by atoms with Gasteiger partial charge >= 0.3 is 0 Å². The summed E-state index contributed by atoms with van der Waals surface area (Å²) in [7, 11) is 0. The molecule has 2 amide bonds. The first-order chi connectivity index (χ1) is 13.8. The SMILES string of the molecule is CCC(C)(C)NC(=O)C(c1cccs1)N(C(=O)c1csnn1)c1ccc(F)cc1. The Kier molecular flexibility index (Phi) is 6.39. The quantitative estimate of drug-likeness (QED) is 0.599. The number of hydrogen-bond acceptors (Lipinski definition) is 6. The molecule has 0 spiro atoms. The van der Waals surface area contributed by atoms with Crippen LogP contribution in [0.2, 0.25) is 0 Å². The van der Waals surface area contributed by atoms with Gasteiger partial charge in [0.15, 0.2) is 11.7 Å². The minimum atomic E-state index is -0.930. The van der Waals surface area contributed by atoms with Gasteiger partial charge in [-0.05, 0) is 67.5 Å². The van der Waals surface area contributed by atoms with E-state index in [1.807, 2.05) is 32.2 Å². The predicted molar refractivity (Wildman–Crippen MR) is 113 cm³/mol.